The van der Waals surface area contributed by atoms with Gasteiger partial charge in [0.2, 0.25) is 11.8 Å². The second-order valence-corrected chi connectivity index (χ2v) is 7.83. The molecule has 0 saturated carbocycles. The van der Waals surface area contributed by atoms with Crippen molar-refractivity contribution in [3.05, 3.63) is 39.9 Å². The Morgan fingerprint density at radius 1 is 1.00 bits per heavy atom. The molecule has 1 aromatic carbocycles. The summed E-state index contributed by atoms with van der Waals surface area (Å²) in [4.78, 5) is 30.9. The van der Waals surface area contributed by atoms with Gasteiger partial charge in [-0.3, -0.25) is 9.59 Å². The molecule has 27 heavy (non-hydrogen) atoms. The first-order valence-corrected chi connectivity index (χ1v) is 10.2. The Morgan fingerprint density at radius 3 is 2.52 bits per heavy atom. The van der Waals surface area contributed by atoms with Gasteiger partial charge in [-0.15, -0.1) is 0 Å². The molecule has 5 nitrogen and oxygen atoms in total. The Labute approximate surface area is 170 Å². The van der Waals surface area contributed by atoms with Crippen LogP contribution >= 0.6 is 23.2 Å². The topological polar surface area (TPSA) is 43.9 Å². The number of hydrogen-bond acceptors (Lipinski definition) is 3. The van der Waals surface area contributed by atoms with Crippen LogP contribution in [-0.2, 0) is 9.59 Å². The number of benzene rings is 1. The summed E-state index contributed by atoms with van der Waals surface area (Å²) in [6.45, 7) is 5.56. The average Bonchev–Trinajstić information content (AvgIpc) is 3.11. The summed E-state index contributed by atoms with van der Waals surface area (Å²) in [5.74, 6) is 0.0493. The van der Waals surface area contributed by atoms with E-state index in [1.807, 2.05) is 11.0 Å². The van der Waals surface area contributed by atoms with E-state index in [-0.39, 0.29) is 11.8 Å². The Morgan fingerprint density at radius 2 is 1.78 bits per heavy atom. The van der Waals surface area contributed by atoms with Crippen molar-refractivity contribution >= 4 is 41.1 Å². The molecule has 2 amide bonds. The molecular weight excluding hydrogens is 385 g/mol. The third-order valence-corrected chi connectivity index (χ3v) is 5.89. The van der Waals surface area contributed by atoms with Crippen LogP contribution in [0.2, 0.25) is 10.0 Å². The van der Waals surface area contributed by atoms with Crippen LogP contribution in [0.15, 0.2) is 24.3 Å². The molecule has 7 heteroatoms. The molecular formula is C20H25Cl2N3O2. The van der Waals surface area contributed by atoms with Crippen LogP contribution in [0.25, 0.3) is 6.08 Å². The quantitative estimate of drug-likeness (QED) is 0.701. The Kier molecular flexibility index (Phi) is 7.16. The molecule has 0 atom stereocenters. The van der Waals surface area contributed by atoms with Crippen molar-refractivity contribution in [3.8, 4) is 0 Å². The molecule has 2 aliphatic heterocycles. The van der Waals surface area contributed by atoms with Crippen molar-refractivity contribution in [1.82, 2.24) is 14.7 Å². The lowest BCUT2D eigenvalue weighted by Crippen LogP contribution is -2.39. The number of likely N-dealkylation sites (tertiary alicyclic amines) is 1. The number of hydrogen-bond donors (Lipinski definition) is 0. The number of amides is 2. The van der Waals surface area contributed by atoms with E-state index in [2.05, 4.69) is 4.90 Å². The van der Waals surface area contributed by atoms with Crippen LogP contribution < -0.4 is 0 Å². The van der Waals surface area contributed by atoms with Gasteiger partial charge in [0.1, 0.15) is 0 Å². The minimum atomic E-state index is -0.0877. The monoisotopic (exact) mass is 409 g/mol. The maximum absolute atomic E-state index is 12.5. The molecule has 2 saturated heterocycles. The lowest BCUT2D eigenvalue weighted by Gasteiger charge is -2.24. The summed E-state index contributed by atoms with van der Waals surface area (Å²) >= 11 is 11.9. The molecule has 2 aliphatic rings. The summed E-state index contributed by atoms with van der Waals surface area (Å²) in [5, 5.41) is 0.945. The number of nitrogens with zero attached hydrogens (tertiary/aromatic N) is 3. The Bertz CT molecular complexity index is 717. The lowest BCUT2D eigenvalue weighted by molar-refractivity contribution is -0.130. The average molecular weight is 410 g/mol. The first-order valence-electron chi connectivity index (χ1n) is 9.45. The first kappa shape index (κ1) is 20.2. The Hall–Kier alpha value is -1.56. The van der Waals surface area contributed by atoms with Crippen molar-refractivity contribution < 1.29 is 9.59 Å². The fraction of sp³-hybridized carbons (Fsp3) is 0.500. The highest BCUT2D eigenvalue weighted by Crippen LogP contribution is 2.23. The zero-order valence-corrected chi connectivity index (χ0v) is 16.9. The van der Waals surface area contributed by atoms with Gasteiger partial charge < -0.3 is 14.7 Å². The van der Waals surface area contributed by atoms with E-state index in [1.165, 1.54) is 18.9 Å². The highest BCUT2D eigenvalue weighted by molar-refractivity contribution is 6.42. The molecule has 0 spiro atoms. The maximum Gasteiger partial charge on any atom is 0.246 e. The molecule has 1 aromatic rings. The molecule has 0 aromatic heterocycles. The van der Waals surface area contributed by atoms with E-state index in [1.54, 1.807) is 23.1 Å². The summed E-state index contributed by atoms with van der Waals surface area (Å²) in [6.07, 6.45) is 6.14. The van der Waals surface area contributed by atoms with Crippen molar-refractivity contribution in [2.75, 3.05) is 45.8 Å². The summed E-state index contributed by atoms with van der Waals surface area (Å²) in [7, 11) is 0. The minimum absolute atomic E-state index is 0.0877. The zero-order valence-electron chi connectivity index (χ0n) is 15.4. The van der Waals surface area contributed by atoms with E-state index in [4.69, 9.17) is 23.2 Å². The van der Waals surface area contributed by atoms with E-state index in [9.17, 15) is 9.59 Å². The molecule has 2 fully saturated rings. The number of carbonyl (C=O) groups is 2. The molecule has 0 radical (unpaired) electrons. The summed E-state index contributed by atoms with van der Waals surface area (Å²) in [6, 6.07) is 5.24. The highest BCUT2D eigenvalue weighted by atomic mass is 35.5. The molecule has 0 unspecified atom stereocenters. The molecule has 3 rings (SSSR count). The van der Waals surface area contributed by atoms with Crippen LogP contribution in [0.1, 0.15) is 24.8 Å². The van der Waals surface area contributed by atoms with Gasteiger partial charge in [-0.1, -0.05) is 29.3 Å². The van der Waals surface area contributed by atoms with Crippen molar-refractivity contribution in [3.63, 3.8) is 0 Å². The van der Waals surface area contributed by atoms with E-state index in [0.29, 0.717) is 36.1 Å². The van der Waals surface area contributed by atoms with Gasteiger partial charge in [-0.25, -0.2) is 0 Å². The third kappa shape index (κ3) is 5.71. The molecule has 146 valence electrons. The number of carbonyl (C=O) groups excluding carboxylic acids is 2. The number of rotatable bonds is 5. The number of halogens is 2. The fourth-order valence-electron chi connectivity index (χ4n) is 3.48. The highest BCUT2D eigenvalue weighted by Gasteiger charge is 2.23. The van der Waals surface area contributed by atoms with Gasteiger partial charge in [0.05, 0.1) is 10.0 Å². The standard InChI is InChI=1S/C20H25Cl2N3O2/c21-17-5-3-16(15-18(17)22)4-6-19(26)24-10-7-20(27)25(14-13-24)12-11-23-8-1-2-9-23/h3-6,15H,1-2,7-14H2/b6-4+. The van der Waals surface area contributed by atoms with E-state index >= 15 is 0 Å². The first-order chi connectivity index (χ1) is 13.0. The van der Waals surface area contributed by atoms with Crippen LogP contribution in [0.3, 0.4) is 0 Å². The van der Waals surface area contributed by atoms with Gasteiger partial charge >= 0.3 is 0 Å². The van der Waals surface area contributed by atoms with Gasteiger partial charge in [-0.05, 0) is 49.7 Å². The van der Waals surface area contributed by atoms with E-state index in [0.717, 1.165) is 31.7 Å². The predicted molar refractivity (Wildman–Crippen MR) is 109 cm³/mol. The van der Waals surface area contributed by atoms with Gasteiger partial charge in [0.25, 0.3) is 0 Å². The third-order valence-electron chi connectivity index (χ3n) is 5.15. The lowest BCUT2D eigenvalue weighted by atomic mass is 10.2. The van der Waals surface area contributed by atoms with Crippen LogP contribution in [-0.4, -0.2) is 72.3 Å². The normalized spacial score (nSPS) is 19.1. The fourth-order valence-corrected chi connectivity index (χ4v) is 3.79. The largest absolute Gasteiger partial charge is 0.340 e. The van der Waals surface area contributed by atoms with Crippen molar-refractivity contribution in [2.24, 2.45) is 0 Å². The van der Waals surface area contributed by atoms with Gasteiger partial charge in [-0.2, -0.15) is 0 Å². The maximum atomic E-state index is 12.5. The Balaban J connectivity index is 1.52. The van der Waals surface area contributed by atoms with Gasteiger partial charge in [0, 0.05) is 45.2 Å². The van der Waals surface area contributed by atoms with Crippen molar-refractivity contribution in [1.29, 1.82) is 0 Å². The van der Waals surface area contributed by atoms with Crippen LogP contribution in [0, 0.1) is 0 Å². The van der Waals surface area contributed by atoms with Crippen LogP contribution in [0.5, 0.6) is 0 Å². The predicted octanol–water partition coefficient (Wildman–Crippen LogP) is 3.16. The summed E-state index contributed by atoms with van der Waals surface area (Å²) < 4.78 is 0. The molecule has 0 N–H and O–H groups in total. The zero-order chi connectivity index (χ0) is 19.2. The van der Waals surface area contributed by atoms with Crippen molar-refractivity contribution in [2.45, 2.75) is 19.3 Å². The van der Waals surface area contributed by atoms with Gasteiger partial charge in [0.15, 0.2) is 0 Å². The molecule has 0 bridgehead atoms. The van der Waals surface area contributed by atoms with Crippen LogP contribution in [0.4, 0.5) is 0 Å². The second-order valence-electron chi connectivity index (χ2n) is 7.01. The van der Waals surface area contributed by atoms with E-state index < -0.39 is 0 Å². The SMILES string of the molecule is O=C(/C=C/c1ccc(Cl)c(Cl)c1)N1CCC(=O)N(CCN2CCCC2)CC1. The molecule has 2 heterocycles. The molecule has 0 aliphatic carbocycles. The minimum Gasteiger partial charge on any atom is -0.340 e. The smallest absolute Gasteiger partial charge is 0.246 e. The summed E-state index contributed by atoms with van der Waals surface area (Å²) in [5.41, 5.74) is 0.816. The second kappa shape index (κ2) is 9.58.